The van der Waals surface area contributed by atoms with Gasteiger partial charge in [0.25, 0.3) is 5.91 Å². The molecule has 0 fully saturated rings. The van der Waals surface area contributed by atoms with Crippen LogP contribution < -0.4 is 5.32 Å². The third kappa shape index (κ3) is 6.21. The Morgan fingerprint density at radius 1 is 1.16 bits per heavy atom. The summed E-state index contributed by atoms with van der Waals surface area (Å²) in [6, 6.07) is 10.8. The number of amides is 1. The van der Waals surface area contributed by atoms with Gasteiger partial charge in [-0.05, 0) is 31.5 Å². The number of nitrogens with one attached hydrogen (secondary N) is 1. The highest BCUT2D eigenvalue weighted by Crippen LogP contribution is 2.24. The van der Waals surface area contributed by atoms with Crippen LogP contribution in [0.25, 0.3) is 11.3 Å². The number of rotatable bonds is 8. The molecule has 162 valence electrons. The van der Waals surface area contributed by atoms with Crippen LogP contribution in [0.15, 0.2) is 53.1 Å². The molecule has 6 nitrogen and oxygen atoms in total. The molecule has 0 aliphatic rings. The van der Waals surface area contributed by atoms with Crippen molar-refractivity contribution in [1.82, 2.24) is 10.3 Å². The fourth-order valence-electron chi connectivity index (χ4n) is 2.80. The summed E-state index contributed by atoms with van der Waals surface area (Å²) < 4.78 is 37.4. The minimum absolute atomic E-state index is 0.0680. The van der Waals surface area contributed by atoms with Gasteiger partial charge in [-0.15, -0.1) is 0 Å². The van der Waals surface area contributed by atoms with E-state index in [1.54, 1.807) is 0 Å². The molecule has 31 heavy (non-hydrogen) atoms. The quantitative estimate of drug-likeness (QED) is 0.546. The van der Waals surface area contributed by atoms with Crippen molar-refractivity contribution in [3.05, 3.63) is 77.3 Å². The molecule has 0 saturated heterocycles. The van der Waals surface area contributed by atoms with Crippen molar-refractivity contribution in [3.8, 4) is 11.3 Å². The highest BCUT2D eigenvalue weighted by atomic mass is 19.1. The highest BCUT2D eigenvalue weighted by molar-refractivity contribution is 5.83. The lowest BCUT2D eigenvalue weighted by Crippen LogP contribution is -2.35. The normalized spacial score (nSPS) is 11.7. The van der Waals surface area contributed by atoms with Crippen LogP contribution in [0.2, 0.25) is 0 Å². The maximum atomic E-state index is 13.8. The fraction of sp³-hybridized carbons (Fsp3) is 0.261. The molecule has 0 bridgehead atoms. The fourth-order valence-corrected chi connectivity index (χ4v) is 2.80. The predicted molar refractivity (Wildman–Crippen MR) is 109 cm³/mol. The second kappa shape index (κ2) is 9.97. The molecular weight excluding hydrogens is 406 g/mol. The zero-order chi connectivity index (χ0) is 22.4. The number of ether oxygens (including phenoxy) is 1. The number of aryl methyl sites for hydroxylation is 2. The van der Waals surface area contributed by atoms with Gasteiger partial charge in [-0.2, -0.15) is 0 Å². The lowest BCUT2D eigenvalue weighted by molar-refractivity contribution is -0.154. The largest absolute Gasteiger partial charge is 0.453 e. The standard InChI is InChI=1S/C23H22F2N2O4/c1-14-3-5-16(6-4-14)12-27-23(29)15(2)30-22(28)10-9-21-26-13-20(31-21)18-8-7-17(24)11-19(18)25/h3-8,11,13,15H,9-10,12H2,1-2H3,(H,27,29). The van der Waals surface area contributed by atoms with Crippen LogP contribution in [-0.2, 0) is 27.3 Å². The van der Waals surface area contributed by atoms with Crippen LogP contribution in [0.3, 0.4) is 0 Å². The summed E-state index contributed by atoms with van der Waals surface area (Å²) in [5.74, 6) is -2.13. The van der Waals surface area contributed by atoms with E-state index >= 15 is 0 Å². The van der Waals surface area contributed by atoms with E-state index in [1.807, 2.05) is 31.2 Å². The van der Waals surface area contributed by atoms with Crippen molar-refractivity contribution in [3.63, 3.8) is 0 Å². The van der Waals surface area contributed by atoms with Gasteiger partial charge in [0.15, 0.2) is 17.8 Å². The lowest BCUT2D eigenvalue weighted by Gasteiger charge is -2.13. The topological polar surface area (TPSA) is 81.4 Å². The molecule has 1 amide bonds. The SMILES string of the molecule is Cc1ccc(CNC(=O)C(C)OC(=O)CCc2ncc(-c3ccc(F)cc3F)o2)cc1. The van der Waals surface area contributed by atoms with E-state index in [0.717, 1.165) is 23.3 Å². The average Bonchev–Trinajstić information content (AvgIpc) is 3.20. The molecule has 1 aromatic heterocycles. The van der Waals surface area contributed by atoms with Crippen LogP contribution in [-0.4, -0.2) is 23.0 Å². The van der Waals surface area contributed by atoms with Crippen molar-refractivity contribution in [2.45, 2.75) is 39.3 Å². The van der Waals surface area contributed by atoms with Crippen LogP contribution in [0.5, 0.6) is 0 Å². The molecule has 0 spiro atoms. The average molecular weight is 428 g/mol. The molecule has 0 aliphatic heterocycles. The van der Waals surface area contributed by atoms with E-state index in [-0.39, 0.29) is 30.1 Å². The zero-order valence-corrected chi connectivity index (χ0v) is 17.2. The second-order valence-electron chi connectivity index (χ2n) is 7.08. The second-order valence-corrected chi connectivity index (χ2v) is 7.08. The van der Waals surface area contributed by atoms with E-state index in [2.05, 4.69) is 10.3 Å². The molecule has 1 heterocycles. The molecule has 0 aliphatic carbocycles. The van der Waals surface area contributed by atoms with E-state index < -0.39 is 29.6 Å². The van der Waals surface area contributed by atoms with Crippen molar-refractivity contribution in [1.29, 1.82) is 0 Å². The number of hydrogen-bond donors (Lipinski definition) is 1. The van der Waals surface area contributed by atoms with Gasteiger partial charge in [-0.25, -0.2) is 13.8 Å². The van der Waals surface area contributed by atoms with Gasteiger partial charge in [-0.3, -0.25) is 9.59 Å². The number of carbonyl (C=O) groups is 2. The minimum Gasteiger partial charge on any atom is -0.453 e. The summed E-state index contributed by atoms with van der Waals surface area (Å²) in [6.07, 6.45) is 0.394. The van der Waals surface area contributed by atoms with Gasteiger partial charge in [0.05, 0.1) is 18.2 Å². The lowest BCUT2D eigenvalue weighted by atomic mass is 10.1. The van der Waals surface area contributed by atoms with Gasteiger partial charge in [0, 0.05) is 19.0 Å². The number of benzene rings is 2. The number of nitrogens with zero attached hydrogens (tertiary/aromatic N) is 1. The highest BCUT2D eigenvalue weighted by Gasteiger charge is 2.18. The Labute approximate surface area is 178 Å². The maximum Gasteiger partial charge on any atom is 0.307 e. The molecule has 3 aromatic rings. The van der Waals surface area contributed by atoms with Crippen LogP contribution >= 0.6 is 0 Å². The Balaban J connectivity index is 1.45. The summed E-state index contributed by atoms with van der Waals surface area (Å²) in [5, 5.41) is 2.72. The van der Waals surface area contributed by atoms with Gasteiger partial charge >= 0.3 is 5.97 Å². The molecule has 1 N–H and O–H groups in total. The van der Waals surface area contributed by atoms with Crippen LogP contribution in [0.4, 0.5) is 8.78 Å². The number of carbonyl (C=O) groups excluding carboxylic acids is 2. The van der Waals surface area contributed by atoms with Gasteiger partial charge in [0.1, 0.15) is 11.6 Å². The van der Waals surface area contributed by atoms with E-state index in [4.69, 9.17) is 9.15 Å². The van der Waals surface area contributed by atoms with Crippen LogP contribution in [0.1, 0.15) is 30.4 Å². The number of hydrogen-bond acceptors (Lipinski definition) is 5. The van der Waals surface area contributed by atoms with E-state index in [1.165, 1.54) is 19.2 Å². The van der Waals surface area contributed by atoms with Crippen molar-refractivity contribution >= 4 is 11.9 Å². The molecule has 3 rings (SSSR count). The van der Waals surface area contributed by atoms with E-state index in [0.29, 0.717) is 6.54 Å². The molecule has 1 atom stereocenters. The first-order chi connectivity index (χ1) is 14.8. The number of oxazole rings is 1. The monoisotopic (exact) mass is 428 g/mol. The smallest absolute Gasteiger partial charge is 0.307 e. The van der Waals surface area contributed by atoms with Crippen LogP contribution in [0, 0.1) is 18.6 Å². The molecule has 8 heteroatoms. The summed E-state index contributed by atoms with van der Waals surface area (Å²) in [4.78, 5) is 28.2. The third-order valence-corrected chi connectivity index (χ3v) is 4.56. The Morgan fingerprint density at radius 2 is 1.90 bits per heavy atom. The third-order valence-electron chi connectivity index (χ3n) is 4.56. The summed E-state index contributed by atoms with van der Waals surface area (Å²) >= 11 is 0. The van der Waals surface area contributed by atoms with Gasteiger partial charge < -0.3 is 14.5 Å². The Kier molecular flexibility index (Phi) is 7.12. The Hall–Kier alpha value is -3.55. The molecular formula is C23H22F2N2O4. The van der Waals surface area contributed by atoms with Crippen molar-refractivity contribution < 1.29 is 27.5 Å². The van der Waals surface area contributed by atoms with Crippen molar-refractivity contribution in [2.24, 2.45) is 0 Å². The van der Waals surface area contributed by atoms with Gasteiger partial charge in [0.2, 0.25) is 0 Å². The molecule has 1 unspecified atom stereocenters. The first-order valence-electron chi connectivity index (χ1n) is 9.74. The number of aromatic nitrogens is 1. The summed E-state index contributed by atoms with van der Waals surface area (Å²) in [7, 11) is 0. The number of esters is 1. The summed E-state index contributed by atoms with van der Waals surface area (Å²) in [5.41, 5.74) is 2.13. The minimum atomic E-state index is -0.952. The molecule has 0 saturated carbocycles. The Bertz CT molecular complexity index is 1060. The van der Waals surface area contributed by atoms with E-state index in [9.17, 15) is 18.4 Å². The molecule has 0 radical (unpaired) electrons. The van der Waals surface area contributed by atoms with Gasteiger partial charge in [-0.1, -0.05) is 29.8 Å². The Morgan fingerprint density at radius 3 is 2.61 bits per heavy atom. The van der Waals surface area contributed by atoms with Crippen molar-refractivity contribution in [2.75, 3.05) is 0 Å². The number of halogens is 2. The zero-order valence-electron chi connectivity index (χ0n) is 17.2. The molecule has 2 aromatic carbocycles. The predicted octanol–water partition coefficient (Wildman–Crippen LogP) is 4.11. The first-order valence-corrected chi connectivity index (χ1v) is 9.74. The summed E-state index contributed by atoms with van der Waals surface area (Å²) in [6.45, 7) is 3.80. The maximum absolute atomic E-state index is 13.8. The first kappa shape index (κ1) is 22.1.